The fourth-order valence-corrected chi connectivity index (χ4v) is 1.99. The van der Waals surface area contributed by atoms with Crippen LogP contribution in [0.2, 0.25) is 0 Å². The van der Waals surface area contributed by atoms with Crippen molar-refractivity contribution in [1.82, 2.24) is 0 Å². The molecule has 0 atom stereocenters. The van der Waals surface area contributed by atoms with Crippen LogP contribution < -0.4 is 4.90 Å². The molecule has 2 rings (SSSR count). The SMILES string of the molecule is N#Cc1cccc(N2CCCC(=O)CC2)c1. The number of carbonyl (C=O) groups excluding carboxylic acids is 1. The number of Topliss-reactive ketones (excluding diaryl/α,β-unsaturated/α-hetero) is 1. The van der Waals surface area contributed by atoms with Crippen molar-refractivity contribution in [1.29, 1.82) is 5.26 Å². The Morgan fingerprint density at radius 3 is 2.94 bits per heavy atom. The Balaban J connectivity index is 2.16. The van der Waals surface area contributed by atoms with Gasteiger partial charge in [0.25, 0.3) is 0 Å². The molecule has 1 aromatic carbocycles. The first-order chi connectivity index (χ1) is 7.79. The van der Waals surface area contributed by atoms with Crippen molar-refractivity contribution in [3.8, 4) is 6.07 Å². The molecule has 1 aliphatic rings. The molecule has 1 aliphatic heterocycles. The van der Waals surface area contributed by atoms with Crippen molar-refractivity contribution in [3.63, 3.8) is 0 Å². The second kappa shape index (κ2) is 4.80. The van der Waals surface area contributed by atoms with Crippen LogP contribution in [-0.4, -0.2) is 18.9 Å². The van der Waals surface area contributed by atoms with E-state index in [4.69, 9.17) is 5.26 Å². The van der Waals surface area contributed by atoms with Crippen LogP contribution in [0.25, 0.3) is 0 Å². The average Bonchev–Trinajstić information content (AvgIpc) is 2.54. The highest BCUT2D eigenvalue weighted by Crippen LogP contribution is 2.19. The van der Waals surface area contributed by atoms with Crippen LogP contribution in [0.1, 0.15) is 24.8 Å². The van der Waals surface area contributed by atoms with E-state index in [1.54, 1.807) is 6.07 Å². The van der Waals surface area contributed by atoms with Crippen LogP contribution in [0.5, 0.6) is 0 Å². The van der Waals surface area contributed by atoms with Crippen molar-refractivity contribution >= 4 is 11.5 Å². The van der Waals surface area contributed by atoms with E-state index in [9.17, 15) is 4.79 Å². The van der Waals surface area contributed by atoms with E-state index in [2.05, 4.69) is 11.0 Å². The van der Waals surface area contributed by atoms with Crippen LogP contribution in [0, 0.1) is 11.3 Å². The quantitative estimate of drug-likeness (QED) is 0.719. The van der Waals surface area contributed by atoms with Crippen LogP contribution in [-0.2, 0) is 4.79 Å². The van der Waals surface area contributed by atoms with Gasteiger partial charge >= 0.3 is 0 Å². The Morgan fingerprint density at radius 1 is 1.25 bits per heavy atom. The number of nitriles is 1. The van der Waals surface area contributed by atoms with E-state index >= 15 is 0 Å². The first-order valence-electron chi connectivity index (χ1n) is 5.56. The van der Waals surface area contributed by atoms with Crippen molar-refractivity contribution in [3.05, 3.63) is 29.8 Å². The number of nitrogens with zero attached hydrogens (tertiary/aromatic N) is 2. The number of ketones is 1. The lowest BCUT2D eigenvalue weighted by atomic mass is 10.2. The third kappa shape index (κ3) is 2.40. The summed E-state index contributed by atoms with van der Waals surface area (Å²) in [6.45, 7) is 1.67. The van der Waals surface area contributed by atoms with E-state index in [1.165, 1.54) is 0 Å². The van der Waals surface area contributed by atoms with Crippen LogP contribution in [0.3, 0.4) is 0 Å². The minimum absolute atomic E-state index is 0.346. The molecule has 1 fully saturated rings. The molecule has 0 spiro atoms. The summed E-state index contributed by atoms with van der Waals surface area (Å²) in [4.78, 5) is 13.5. The standard InChI is InChI=1S/C13H14N2O/c14-10-11-3-1-4-12(9-11)15-7-2-5-13(16)6-8-15/h1,3-4,9H,2,5-8H2. The number of rotatable bonds is 1. The Morgan fingerprint density at radius 2 is 2.12 bits per heavy atom. The van der Waals surface area contributed by atoms with E-state index in [0.29, 0.717) is 24.2 Å². The van der Waals surface area contributed by atoms with Crippen molar-refractivity contribution in [2.24, 2.45) is 0 Å². The fraction of sp³-hybridized carbons (Fsp3) is 0.385. The lowest BCUT2D eigenvalue weighted by Crippen LogP contribution is -2.24. The Kier molecular flexibility index (Phi) is 3.21. The largest absolute Gasteiger partial charge is 0.371 e. The maximum absolute atomic E-state index is 11.3. The molecule has 3 nitrogen and oxygen atoms in total. The van der Waals surface area contributed by atoms with Gasteiger partial charge in [0, 0.05) is 31.6 Å². The summed E-state index contributed by atoms with van der Waals surface area (Å²) in [5.74, 6) is 0.346. The second-order valence-electron chi connectivity index (χ2n) is 4.04. The van der Waals surface area contributed by atoms with Crippen LogP contribution in [0.4, 0.5) is 5.69 Å². The number of benzene rings is 1. The Hall–Kier alpha value is -1.82. The van der Waals surface area contributed by atoms with Gasteiger partial charge in [0.1, 0.15) is 5.78 Å². The van der Waals surface area contributed by atoms with Gasteiger partial charge in [0.2, 0.25) is 0 Å². The van der Waals surface area contributed by atoms with Gasteiger partial charge in [-0.1, -0.05) is 6.07 Å². The first kappa shape index (κ1) is 10.7. The highest BCUT2D eigenvalue weighted by molar-refractivity contribution is 5.79. The highest BCUT2D eigenvalue weighted by Gasteiger charge is 2.14. The first-order valence-corrected chi connectivity index (χ1v) is 5.56. The van der Waals surface area contributed by atoms with Crippen molar-refractivity contribution < 1.29 is 4.79 Å². The summed E-state index contributed by atoms with van der Waals surface area (Å²) < 4.78 is 0. The number of hydrogen-bond acceptors (Lipinski definition) is 3. The third-order valence-corrected chi connectivity index (χ3v) is 2.88. The number of carbonyl (C=O) groups is 1. The summed E-state index contributed by atoms with van der Waals surface area (Å²) in [6, 6.07) is 9.71. The fourth-order valence-electron chi connectivity index (χ4n) is 1.99. The van der Waals surface area contributed by atoms with E-state index in [-0.39, 0.29) is 0 Å². The minimum Gasteiger partial charge on any atom is -0.371 e. The van der Waals surface area contributed by atoms with E-state index in [0.717, 1.165) is 25.2 Å². The molecule has 1 heterocycles. The maximum atomic E-state index is 11.3. The van der Waals surface area contributed by atoms with Gasteiger partial charge in [-0.25, -0.2) is 0 Å². The molecule has 0 N–H and O–H groups in total. The molecular formula is C13H14N2O. The highest BCUT2D eigenvalue weighted by atomic mass is 16.1. The van der Waals surface area contributed by atoms with E-state index in [1.807, 2.05) is 18.2 Å². The van der Waals surface area contributed by atoms with Gasteiger partial charge in [-0.15, -0.1) is 0 Å². The minimum atomic E-state index is 0.346. The van der Waals surface area contributed by atoms with Gasteiger partial charge in [-0.05, 0) is 24.6 Å². The molecule has 0 bridgehead atoms. The molecule has 0 amide bonds. The third-order valence-electron chi connectivity index (χ3n) is 2.88. The zero-order chi connectivity index (χ0) is 11.4. The number of anilines is 1. The lowest BCUT2D eigenvalue weighted by molar-refractivity contribution is -0.118. The Bertz CT molecular complexity index is 434. The average molecular weight is 214 g/mol. The summed E-state index contributed by atoms with van der Waals surface area (Å²) in [6.07, 6.45) is 2.22. The van der Waals surface area contributed by atoms with Gasteiger partial charge < -0.3 is 4.90 Å². The number of hydrogen-bond donors (Lipinski definition) is 0. The van der Waals surface area contributed by atoms with Gasteiger partial charge in [-0.3, -0.25) is 4.79 Å². The zero-order valence-electron chi connectivity index (χ0n) is 9.15. The molecule has 0 saturated carbocycles. The molecular weight excluding hydrogens is 200 g/mol. The predicted octanol–water partition coefficient (Wildman–Crippen LogP) is 2.12. The van der Waals surface area contributed by atoms with Gasteiger partial charge in [-0.2, -0.15) is 5.26 Å². The molecule has 0 aromatic heterocycles. The van der Waals surface area contributed by atoms with Gasteiger partial charge in [0.15, 0.2) is 0 Å². The zero-order valence-corrected chi connectivity index (χ0v) is 9.15. The summed E-state index contributed by atoms with van der Waals surface area (Å²) in [5, 5.41) is 8.84. The van der Waals surface area contributed by atoms with Gasteiger partial charge in [0.05, 0.1) is 11.6 Å². The van der Waals surface area contributed by atoms with Crippen LogP contribution >= 0.6 is 0 Å². The molecule has 0 unspecified atom stereocenters. The smallest absolute Gasteiger partial charge is 0.134 e. The summed E-state index contributed by atoms with van der Waals surface area (Å²) in [7, 11) is 0. The predicted molar refractivity (Wildman–Crippen MR) is 62.2 cm³/mol. The second-order valence-corrected chi connectivity index (χ2v) is 4.04. The molecule has 1 aromatic rings. The molecule has 0 aliphatic carbocycles. The summed E-state index contributed by atoms with van der Waals surface area (Å²) >= 11 is 0. The Labute approximate surface area is 95.3 Å². The lowest BCUT2D eigenvalue weighted by Gasteiger charge is -2.22. The monoisotopic (exact) mass is 214 g/mol. The normalized spacial score (nSPS) is 16.7. The molecule has 16 heavy (non-hydrogen) atoms. The maximum Gasteiger partial charge on any atom is 0.134 e. The molecule has 1 saturated heterocycles. The van der Waals surface area contributed by atoms with Crippen LogP contribution in [0.15, 0.2) is 24.3 Å². The molecule has 0 radical (unpaired) electrons. The molecule has 3 heteroatoms. The summed E-state index contributed by atoms with van der Waals surface area (Å²) in [5.41, 5.74) is 1.72. The van der Waals surface area contributed by atoms with Crippen molar-refractivity contribution in [2.45, 2.75) is 19.3 Å². The molecule has 82 valence electrons. The topological polar surface area (TPSA) is 44.1 Å². The van der Waals surface area contributed by atoms with E-state index < -0.39 is 0 Å². The van der Waals surface area contributed by atoms with Crippen molar-refractivity contribution in [2.75, 3.05) is 18.0 Å².